The largest absolute Gasteiger partial charge is 0.493 e. The predicted molar refractivity (Wildman–Crippen MR) is 81.3 cm³/mol. The fraction of sp³-hybridized carbons (Fsp3) is 0.267. The molecule has 1 aromatic carbocycles. The van der Waals surface area contributed by atoms with Gasteiger partial charge in [0.05, 0.1) is 13.2 Å². The van der Waals surface area contributed by atoms with Crippen molar-refractivity contribution in [3.05, 3.63) is 51.8 Å². The number of alkyl halides is 2. The van der Waals surface area contributed by atoms with Crippen LogP contribution in [0.25, 0.3) is 0 Å². The molecule has 0 unspecified atom stereocenters. The first-order valence-corrected chi connectivity index (χ1v) is 7.32. The van der Waals surface area contributed by atoms with Gasteiger partial charge in [0.2, 0.25) is 0 Å². The minimum Gasteiger partial charge on any atom is -0.493 e. The molecule has 4 nitrogen and oxygen atoms in total. The van der Waals surface area contributed by atoms with Gasteiger partial charge in [-0.25, -0.2) is 4.98 Å². The van der Waals surface area contributed by atoms with Crippen LogP contribution in [0.15, 0.2) is 30.6 Å². The highest BCUT2D eigenvalue weighted by Crippen LogP contribution is 2.33. The van der Waals surface area contributed by atoms with Gasteiger partial charge in [0.1, 0.15) is 10.0 Å². The number of halogens is 4. The minimum atomic E-state index is -2.96. The number of nitrogens with one attached hydrogen (secondary N) is 1. The van der Waals surface area contributed by atoms with Crippen LogP contribution in [0, 0.1) is 0 Å². The van der Waals surface area contributed by atoms with E-state index in [0.717, 1.165) is 0 Å². The summed E-state index contributed by atoms with van der Waals surface area (Å²) in [4.78, 5) is 2.77. The van der Waals surface area contributed by atoms with Gasteiger partial charge in [0.15, 0.2) is 23.9 Å². The molecule has 0 saturated carbocycles. The van der Waals surface area contributed by atoms with E-state index in [9.17, 15) is 13.9 Å². The molecule has 0 spiro atoms. The Morgan fingerprint density at radius 3 is 2.39 bits per heavy atom. The van der Waals surface area contributed by atoms with E-state index in [1.54, 1.807) is 12.4 Å². The van der Waals surface area contributed by atoms with Crippen LogP contribution < -0.4 is 14.5 Å². The Bertz CT molecular complexity index is 666. The summed E-state index contributed by atoms with van der Waals surface area (Å²) in [6, 6.07) is 4.21. The molecule has 23 heavy (non-hydrogen) atoms. The molecule has 0 aliphatic heterocycles. The number of ether oxygens (including phenoxy) is 2. The highest BCUT2D eigenvalue weighted by molar-refractivity contribution is 6.35. The number of H-pyrrole nitrogens is 1. The second-order valence-corrected chi connectivity index (χ2v) is 5.45. The summed E-state index contributed by atoms with van der Waals surface area (Å²) >= 11 is 12.1. The Balaban J connectivity index is 2.24. The van der Waals surface area contributed by atoms with E-state index in [4.69, 9.17) is 27.9 Å². The smallest absolute Gasteiger partial charge is 0.387 e. The lowest BCUT2D eigenvalue weighted by molar-refractivity contribution is -0.377. The molecule has 0 bridgehead atoms. The fourth-order valence-corrected chi connectivity index (χ4v) is 2.60. The molecule has 2 N–H and O–H groups in total. The molecular weight excluding hydrogens is 351 g/mol. The van der Waals surface area contributed by atoms with Crippen molar-refractivity contribution in [2.75, 3.05) is 7.11 Å². The van der Waals surface area contributed by atoms with E-state index < -0.39 is 12.7 Å². The maximum absolute atomic E-state index is 12.3. The van der Waals surface area contributed by atoms with Gasteiger partial charge in [0.25, 0.3) is 0 Å². The summed E-state index contributed by atoms with van der Waals surface area (Å²) in [6.45, 7) is -2.96. The Morgan fingerprint density at radius 2 is 1.83 bits per heavy atom. The van der Waals surface area contributed by atoms with E-state index in [1.165, 1.54) is 25.3 Å². The highest BCUT2D eigenvalue weighted by Gasteiger charge is 2.18. The van der Waals surface area contributed by atoms with Gasteiger partial charge in [0, 0.05) is 12.0 Å². The number of hydrogen-bond acceptors (Lipinski definition) is 3. The first kappa shape index (κ1) is 17.7. The first-order chi connectivity index (χ1) is 10.9. The molecule has 0 aliphatic carbocycles. The third-order valence-electron chi connectivity index (χ3n) is 3.18. The van der Waals surface area contributed by atoms with Gasteiger partial charge in [-0.3, -0.25) is 0 Å². The van der Waals surface area contributed by atoms with Gasteiger partial charge in [-0.15, -0.1) is 0 Å². The van der Waals surface area contributed by atoms with Crippen LogP contribution >= 0.6 is 23.2 Å². The summed E-state index contributed by atoms with van der Waals surface area (Å²) in [7, 11) is 1.32. The number of aromatic nitrogens is 1. The van der Waals surface area contributed by atoms with Crippen LogP contribution in [0.3, 0.4) is 0 Å². The van der Waals surface area contributed by atoms with Crippen LogP contribution in [0.1, 0.15) is 17.2 Å². The number of aliphatic hydroxyl groups is 1. The van der Waals surface area contributed by atoms with Crippen molar-refractivity contribution < 1.29 is 28.3 Å². The number of rotatable bonds is 6. The van der Waals surface area contributed by atoms with E-state index in [1.807, 2.05) is 0 Å². The van der Waals surface area contributed by atoms with E-state index in [-0.39, 0.29) is 17.9 Å². The Kier molecular flexibility index (Phi) is 5.98. The maximum atomic E-state index is 12.3. The molecule has 1 aromatic heterocycles. The molecule has 0 radical (unpaired) electrons. The summed E-state index contributed by atoms with van der Waals surface area (Å²) in [5, 5.41) is 11.1. The first-order valence-electron chi connectivity index (χ1n) is 6.57. The van der Waals surface area contributed by atoms with Crippen molar-refractivity contribution in [2.45, 2.75) is 19.1 Å². The second-order valence-electron chi connectivity index (χ2n) is 4.64. The van der Waals surface area contributed by atoms with Crippen LogP contribution in [-0.4, -0.2) is 18.8 Å². The van der Waals surface area contributed by atoms with Crippen molar-refractivity contribution in [1.29, 1.82) is 0 Å². The molecule has 2 rings (SSSR count). The number of hydrogen-bond donors (Lipinski definition) is 1. The fourth-order valence-electron chi connectivity index (χ4n) is 2.07. The van der Waals surface area contributed by atoms with Gasteiger partial charge in [-0.1, -0.05) is 29.3 Å². The topological polar surface area (TPSA) is 52.8 Å². The number of benzene rings is 1. The summed E-state index contributed by atoms with van der Waals surface area (Å²) in [5.41, 5.74) is 1.04. The van der Waals surface area contributed by atoms with Crippen LogP contribution in [0.4, 0.5) is 8.78 Å². The molecule has 124 valence electrons. The van der Waals surface area contributed by atoms with E-state index in [2.05, 4.69) is 9.72 Å². The lowest BCUT2D eigenvalue weighted by atomic mass is 10.0. The van der Waals surface area contributed by atoms with Crippen molar-refractivity contribution in [3.63, 3.8) is 0 Å². The SMILES string of the molecule is COc1cc([C@@H](O)Cc2c(Cl)c[nH+]cc2Cl)ccc1OC(F)F. The van der Waals surface area contributed by atoms with Gasteiger partial charge in [-0.05, 0) is 17.7 Å². The molecule has 1 atom stereocenters. The minimum absolute atomic E-state index is 0.0976. The lowest BCUT2D eigenvalue weighted by Gasteiger charge is -2.15. The average Bonchev–Trinajstić information content (AvgIpc) is 2.50. The molecule has 0 aliphatic rings. The highest BCUT2D eigenvalue weighted by atomic mass is 35.5. The zero-order valence-electron chi connectivity index (χ0n) is 12.0. The molecule has 0 saturated heterocycles. The third kappa shape index (κ3) is 4.43. The third-order valence-corrected chi connectivity index (χ3v) is 3.86. The normalized spacial score (nSPS) is 12.3. The lowest BCUT2D eigenvalue weighted by Crippen LogP contribution is -2.08. The quantitative estimate of drug-likeness (QED) is 0.850. The Labute approximate surface area is 141 Å². The van der Waals surface area contributed by atoms with Crippen molar-refractivity contribution in [3.8, 4) is 11.5 Å². The maximum Gasteiger partial charge on any atom is 0.387 e. The number of aliphatic hydroxyl groups excluding tert-OH is 1. The summed E-state index contributed by atoms with van der Waals surface area (Å²) in [5.74, 6) is -0.00994. The number of pyridine rings is 1. The van der Waals surface area contributed by atoms with Crippen LogP contribution in [0.2, 0.25) is 10.0 Å². The van der Waals surface area contributed by atoms with Crippen molar-refractivity contribution in [2.24, 2.45) is 0 Å². The molecular formula is C15H14Cl2F2NO3+. The number of methoxy groups -OCH3 is 1. The summed E-state index contributed by atoms with van der Waals surface area (Å²) < 4.78 is 34.0. The van der Waals surface area contributed by atoms with Crippen molar-refractivity contribution >= 4 is 23.2 Å². The predicted octanol–water partition coefficient (Wildman–Crippen LogP) is 3.69. The van der Waals surface area contributed by atoms with Crippen LogP contribution in [-0.2, 0) is 6.42 Å². The Morgan fingerprint density at radius 1 is 1.17 bits per heavy atom. The Hall–Kier alpha value is -1.63. The zero-order valence-corrected chi connectivity index (χ0v) is 13.5. The second kappa shape index (κ2) is 7.77. The molecule has 0 fully saturated rings. The molecule has 8 heteroatoms. The standard InChI is InChI=1S/C15H13Cl2F2NO3/c1-22-14-4-8(2-3-13(14)23-15(18)19)12(21)5-9-10(16)6-20-7-11(9)17/h2-4,6-7,12,15,21H,5H2,1H3/p+1/t12-/m0/s1. The summed E-state index contributed by atoms with van der Waals surface area (Å²) in [6.07, 6.45) is 2.32. The van der Waals surface area contributed by atoms with Gasteiger partial charge >= 0.3 is 6.61 Å². The monoisotopic (exact) mass is 364 g/mol. The van der Waals surface area contributed by atoms with Crippen LogP contribution in [0.5, 0.6) is 11.5 Å². The van der Waals surface area contributed by atoms with Gasteiger partial charge < -0.3 is 14.6 Å². The van der Waals surface area contributed by atoms with Crippen molar-refractivity contribution in [1.82, 2.24) is 0 Å². The van der Waals surface area contributed by atoms with E-state index >= 15 is 0 Å². The zero-order chi connectivity index (χ0) is 17.0. The molecule has 1 heterocycles. The molecule has 0 amide bonds. The molecule has 2 aromatic rings. The van der Waals surface area contributed by atoms with E-state index in [0.29, 0.717) is 21.2 Å². The number of aromatic amines is 1. The average molecular weight is 365 g/mol. The van der Waals surface area contributed by atoms with Gasteiger partial charge in [-0.2, -0.15) is 8.78 Å².